The maximum absolute atomic E-state index is 14.5. The van der Waals surface area contributed by atoms with E-state index in [1.165, 1.54) is 17.0 Å². The smallest absolute Gasteiger partial charge is 0.264 e. The van der Waals surface area contributed by atoms with Gasteiger partial charge in [-0.05, 0) is 73.0 Å². The van der Waals surface area contributed by atoms with Crippen LogP contribution in [0.25, 0.3) is 0 Å². The number of para-hydroxylation sites is 1. The van der Waals surface area contributed by atoms with E-state index < -0.39 is 28.5 Å². The van der Waals surface area contributed by atoms with E-state index >= 15 is 0 Å². The van der Waals surface area contributed by atoms with Crippen molar-refractivity contribution >= 4 is 43.5 Å². The number of carbonyl (C=O) groups is 2. The molecule has 0 unspecified atom stereocenters. The Morgan fingerprint density at radius 2 is 1.49 bits per heavy atom. The second-order valence-corrected chi connectivity index (χ2v) is 13.2. The first kappa shape index (κ1) is 33.7. The van der Waals surface area contributed by atoms with Crippen LogP contribution >= 0.6 is 15.9 Å². The zero-order valence-corrected chi connectivity index (χ0v) is 27.8. The first-order valence-corrected chi connectivity index (χ1v) is 17.1. The summed E-state index contributed by atoms with van der Waals surface area (Å²) in [4.78, 5) is 29.7. The van der Waals surface area contributed by atoms with Gasteiger partial charge in [-0.15, -0.1) is 0 Å². The fourth-order valence-corrected chi connectivity index (χ4v) is 6.74. The highest BCUT2D eigenvalue weighted by molar-refractivity contribution is 9.10. The van der Waals surface area contributed by atoms with Gasteiger partial charge in [0.25, 0.3) is 10.0 Å². The maximum Gasteiger partial charge on any atom is 0.264 e. The van der Waals surface area contributed by atoms with Crippen LogP contribution in [0.2, 0.25) is 0 Å². The molecule has 0 saturated carbocycles. The van der Waals surface area contributed by atoms with Crippen LogP contribution in [-0.4, -0.2) is 50.9 Å². The largest absolute Gasteiger partial charge is 0.494 e. The number of nitrogens with zero attached hydrogens (tertiary/aromatic N) is 2. The Labute approximate surface area is 274 Å². The van der Waals surface area contributed by atoms with Crippen molar-refractivity contribution in [2.24, 2.45) is 0 Å². The second-order valence-electron chi connectivity index (χ2n) is 10.4. The predicted octanol–water partition coefficient (Wildman–Crippen LogP) is 6.21. The van der Waals surface area contributed by atoms with Gasteiger partial charge in [0.1, 0.15) is 18.3 Å². The summed E-state index contributed by atoms with van der Waals surface area (Å²) in [6, 6.07) is 30.7. The van der Waals surface area contributed by atoms with Gasteiger partial charge in [0, 0.05) is 24.0 Å². The van der Waals surface area contributed by atoms with E-state index in [0.717, 1.165) is 26.3 Å². The summed E-state index contributed by atoms with van der Waals surface area (Å²) in [6.07, 6.45) is 0.985. The molecule has 4 rings (SSSR count). The molecule has 8 nitrogen and oxygen atoms in total. The number of halogens is 1. The van der Waals surface area contributed by atoms with E-state index in [9.17, 15) is 18.0 Å². The summed E-state index contributed by atoms with van der Waals surface area (Å²) in [7, 11) is -4.19. The Kier molecular flexibility index (Phi) is 12.2. The molecule has 0 aliphatic heterocycles. The minimum Gasteiger partial charge on any atom is -0.494 e. The van der Waals surface area contributed by atoms with E-state index in [-0.39, 0.29) is 23.8 Å². The van der Waals surface area contributed by atoms with Crippen molar-refractivity contribution in [2.45, 2.75) is 44.2 Å². The van der Waals surface area contributed by atoms with Gasteiger partial charge >= 0.3 is 0 Å². The molecule has 0 aromatic heterocycles. The molecule has 2 amide bonds. The minimum absolute atomic E-state index is 0.0164. The van der Waals surface area contributed by atoms with Gasteiger partial charge in [-0.1, -0.05) is 83.5 Å². The summed E-state index contributed by atoms with van der Waals surface area (Å²) < 4.78 is 35.7. The van der Waals surface area contributed by atoms with Crippen molar-refractivity contribution in [3.63, 3.8) is 0 Å². The molecule has 236 valence electrons. The van der Waals surface area contributed by atoms with Crippen LogP contribution in [0.4, 0.5) is 5.69 Å². The molecule has 0 fully saturated rings. The highest BCUT2D eigenvalue weighted by Gasteiger charge is 2.34. The van der Waals surface area contributed by atoms with Gasteiger partial charge in [0.05, 0.1) is 17.2 Å². The van der Waals surface area contributed by atoms with Crippen LogP contribution < -0.4 is 14.4 Å². The maximum atomic E-state index is 14.5. The van der Waals surface area contributed by atoms with Gasteiger partial charge in [-0.3, -0.25) is 13.9 Å². The molecule has 0 spiro atoms. The van der Waals surface area contributed by atoms with Crippen molar-refractivity contribution in [1.29, 1.82) is 0 Å². The van der Waals surface area contributed by atoms with Gasteiger partial charge in [-0.2, -0.15) is 0 Å². The first-order valence-electron chi connectivity index (χ1n) is 14.9. The van der Waals surface area contributed by atoms with E-state index in [1.807, 2.05) is 68.4 Å². The molecular formula is C35H38BrN3O5S. The molecule has 1 N–H and O–H groups in total. The normalized spacial score (nSPS) is 11.8. The molecular weight excluding hydrogens is 654 g/mol. The Bertz CT molecular complexity index is 1650. The highest BCUT2D eigenvalue weighted by atomic mass is 79.9. The Balaban J connectivity index is 1.77. The van der Waals surface area contributed by atoms with Crippen molar-refractivity contribution < 1.29 is 22.7 Å². The Morgan fingerprint density at radius 3 is 2.11 bits per heavy atom. The number of nitrogens with one attached hydrogen (secondary N) is 1. The van der Waals surface area contributed by atoms with Gasteiger partial charge < -0.3 is 15.0 Å². The van der Waals surface area contributed by atoms with Crippen molar-refractivity contribution in [3.8, 4) is 5.75 Å². The third-order valence-electron chi connectivity index (χ3n) is 7.11. The van der Waals surface area contributed by atoms with Crippen LogP contribution in [0.5, 0.6) is 5.75 Å². The molecule has 0 heterocycles. The van der Waals surface area contributed by atoms with Crippen molar-refractivity contribution in [3.05, 3.63) is 125 Å². The summed E-state index contributed by atoms with van der Waals surface area (Å²) in [5.41, 5.74) is 2.00. The quantitative estimate of drug-likeness (QED) is 0.160. The van der Waals surface area contributed by atoms with E-state index in [2.05, 4.69) is 21.2 Å². The minimum atomic E-state index is -4.19. The number of carbonyl (C=O) groups excluding carboxylic acids is 2. The summed E-state index contributed by atoms with van der Waals surface area (Å²) >= 11 is 3.50. The molecule has 0 aliphatic rings. The lowest BCUT2D eigenvalue weighted by Gasteiger charge is -2.34. The van der Waals surface area contributed by atoms with Gasteiger partial charge in [0.2, 0.25) is 11.8 Å². The Morgan fingerprint density at radius 1 is 0.844 bits per heavy atom. The number of sulfonamides is 1. The summed E-state index contributed by atoms with van der Waals surface area (Å²) in [5.74, 6) is -0.272. The number of anilines is 1. The van der Waals surface area contributed by atoms with Crippen molar-refractivity contribution in [2.75, 3.05) is 24.0 Å². The Hall–Kier alpha value is -4.15. The number of hydrogen-bond donors (Lipinski definition) is 1. The van der Waals surface area contributed by atoms with Crippen LogP contribution in [0.1, 0.15) is 31.4 Å². The van der Waals surface area contributed by atoms with Crippen LogP contribution in [-0.2, 0) is 32.6 Å². The number of rotatable bonds is 15. The van der Waals surface area contributed by atoms with Crippen LogP contribution in [0, 0.1) is 0 Å². The molecule has 0 radical (unpaired) electrons. The van der Waals surface area contributed by atoms with Crippen LogP contribution in [0.15, 0.2) is 119 Å². The molecule has 0 aliphatic carbocycles. The standard InChI is InChI=1S/C35H38BrN3O5S/c1-3-22-37-35(41)33(24-27-12-7-5-8-13-27)38(25-28-14-11-15-29(36)23-28)34(40)26-39(30-16-9-6-10-17-30)45(42,43)32-20-18-31(19-21-32)44-4-2/h5-21,23,33H,3-4,22,24-26H2,1-2H3,(H,37,41)/t33-/m0/s1. The molecule has 0 bridgehead atoms. The van der Waals surface area contributed by atoms with Gasteiger partial charge in [0.15, 0.2) is 0 Å². The predicted molar refractivity (Wildman–Crippen MR) is 181 cm³/mol. The highest BCUT2D eigenvalue weighted by Crippen LogP contribution is 2.26. The number of amides is 2. The third kappa shape index (κ3) is 9.18. The zero-order chi connectivity index (χ0) is 32.2. The average molecular weight is 693 g/mol. The van der Waals surface area contributed by atoms with Crippen molar-refractivity contribution in [1.82, 2.24) is 10.2 Å². The monoisotopic (exact) mass is 691 g/mol. The average Bonchev–Trinajstić information content (AvgIpc) is 3.05. The fraction of sp³-hybridized carbons (Fsp3) is 0.257. The lowest BCUT2D eigenvalue weighted by atomic mass is 10.0. The fourth-order valence-electron chi connectivity index (χ4n) is 4.88. The molecule has 4 aromatic rings. The summed E-state index contributed by atoms with van der Waals surface area (Å²) in [6.45, 7) is 4.29. The number of benzene rings is 4. The van der Waals surface area contributed by atoms with E-state index in [0.29, 0.717) is 24.6 Å². The number of hydrogen-bond acceptors (Lipinski definition) is 5. The van der Waals surface area contributed by atoms with Gasteiger partial charge in [-0.25, -0.2) is 8.42 Å². The van der Waals surface area contributed by atoms with E-state index in [4.69, 9.17) is 4.74 Å². The molecule has 0 saturated heterocycles. The number of ether oxygens (including phenoxy) is 1. The second kappa shape index (κ2) is 16.2. The first-order chi connectivity index (χ1) is 21.7. The summed E-state index contributed by atoms with van der Waals surface area (Å²) in [5, 5.41) is 2.96. The third-order valence-corrected chi connectivity index (χ3v) is 9.39. The van der Waals surface area contributed by atoms with E-state index in [1.54, 1.807) is 42.5 Å². The molecule has 10 heteroatoms. The zero-order valence-electron chi connectivity index (χ0n) is 25.4. The lowest BCUT2D eigenvalue weighted by molar-refractivity contribution is -0.140. The molecule has 4 aromatic carbocycles. The lowest BCUT2D eigenvalue weighted by Crippen LogP contribution is -2.53. The SMILES string of the molecule is CCCNC(=O)[C@H](Cc1ccccc1)N(Cc1cccc(Br)c1)C(=O)CN(c1ccccc1)S(=O)(=O)c1ccc(OCC)cc1. The molecule has 1 atom stereocenters. The topological polar surface area (TPSA) is 96.0 Å². The van der Waals surface area contributed by atoms with Crippen LogP contribution in [0.3, 0.4) is 0 Å². The molecule has 45 heavy (non-hydrogen) atoms.